The summed E-state index contributed by atoms with van der Waals surface area (Å²) in [6.07, 6.45) is 4.06. The number of rotatable bonds is 2. The summed E-state index contributed by atoms with van der Waals surface area (Å²) in [6.45, 7) is 7.49. The minimum atomic E-state index is 0.980. The van der Waals surface area contributed by atoms with Crippen LogP contribution >= 0.6 is 0 Å². The average Bonchev–Trinajstić information content (AvgIpc) is 2.51. The molecule has 1 aromatic heterocycles. The van der Waals surface area contributed by atoms with Gasteiger partial charge in [-0.15, -0.1) is 0 Å². The molecule has 0 bridgehead atoms. The maximum Gasteiger partial charge on any atom is 0.138 e. The van der Waals surface area contributed by atoms with E-state index < -0.39 is 0 Å². The Morgan fingerprint density at radius 3 is 2.50 bits per heavy atom. The van der Waals surface area contributed by atoms with Gasteiger partial charge in [0.1, 0.15) is 5.76 Å². The number of hydrogen-bond acceptors (Lipinski definition) is 3. The smallest absolute Gasteiger partial charge is 0.138 e. The minimum Gasteiger partial charge on any atom is -0.361 e. The Labute approximate surface area is 85.1 Å². The van der Waals surface area contributed by atoms with Crippen LogP contribution in [-0.4, -0.2) is 23.1 Å². The van der Waals surface area contributed by atoms with Crippen LogP contribution in [0.4, 0.5) is 0 Å². The zero-order valence-corrected chi connectivity index (χ0v) is 9.05. The van der Waals surface area contributed by atoms with Gasteiger partial charge in [-0.2, -0.15) is 0 Å². The monoisotopic (exact) mass is 194 g/mol. The first kappa shape index (κ1) is 9.71. The minimum absolute atomic E-state index is 0.980. The van der Waals surface area contributed by atoms with E-state index in [1.807, 2.05) is 13.8 Å². The number of nitrogens with zero attached hydrogens (tertiary/aromatic N) is 2. The molecule has 0 atom stereocenters. The first-order chi connectivity index (χ1) is 6.77. The summed E-state index contributed by atoms with van der Waals surface area (Å²) >= 11 is 0. The van der Waals surface area contributed by atoms with E-state index in [1.54, 1.807) is 0 Å². The predicted molar refractivity (Wildman–Crippen MR) is 55.1 cm³/mol. The molecule has 1 aliphatic heterocycles. The van der Waals surface area contributed by atoms with Crippen LogP contribution in [0.2, 0.25) is 0 Å². The van der Waals surface area contributed by atoms with Crippen molar-refractivity contribution in [2.45, 2.75) is 39.7 Å². The van der Waals surface area contributed by atoms with E-state index in [9.17, 15) is 0 Å². The van der Waals surface area contributed by atoms with Crippen molar-refractivity contribution in [3.63, 3.8) is 0 Å². The molecule has 78 valence electrons. The van der Waals surface area contributed by atoms with Gasteiger partial charge in [-0.05, 0) is 39.8 Å². The van der Waals surface area contributed by atoms with Gasteiger partial charge in [0, 0.05) is 12.1 Å². The Balaban J connectivity index is 2.02. The van der Waals surface area contributed by atoms with E-state index in [-0.39, 0.29) is 0 Å². The van der Waals surface area contributed by atoms with Crippen LogP contribution in [-0.2, 0) is 6.54 Å². The summed E-state index contributed by atoms with van der Waals surface area (Å²) in [7, 11) is 0. The quantitative estimate of drug-likeness (QED) is 0.723. The molecule has 0 amide bonds. The molecule has 0 saturated carbocycles. The summed E-state index contributed by atoms with van der Waals surface area (Å²) in [4.78, 5) is 2.50. The fourth-order valence-corrected chi connectivity index (χ4v) is 2.07. The second-order valence-electron chi connectivity index (χ2n) is 4.14. The van der Waals surface area contributed by atoms with E-state index in [1.165, 1.54) is 37.9 Å². The van der Waals surface area contributed by atoms with Crippen molar-refractivity contribution in [2.24, 2.45) is 0 Å². The summed E-state index contributed by atoms with van der Waals surface area (Å²) in [5.41, 5.74) is 2.33. The second kappa shape index (κ2) is 4.13. The third-order valence-electron chi connectivity index (χ3n) is 3.01. The molecule has 1 fully saturated rings. The molecule has 0 unspecified atom stereocenters. The summed E-state index contributed by atoms with van der Waals surface area (Å²) in [5.74, 6) is 0.980. The molecule has 14 heavy (non-hydrogen) atoms. The Kier molecular flexibility index (Phi) is 2.87. The van der Waals surface area contributed by atoms with E-state index in [0.29, 0.717) is 0 Å². The Hall–Kier alpha value is -0.830. The average molecular weight is 194 g/mol. The lowest BCUT2D eigenvalue weighted by atomic mass is 10.1. The van der Waals surface area contributed by atoms with Gasteiger partial charge in [0.05, 0.1) is 5.69 Å². The van der Waals surface area contributed by atoms with Crippen molar-refractivity contribution in [3.8, 4) is 0 Å². The highest BCUT2D eigenvalue weighted by Gasteiger charge is 2.15. The molecule has 3 nitrogen and oxygen atoms in total. The Morgan fingerprint density at radius 2 is 1.93 bits per heavy atom. The van der Waals surface area contributed by atoms with Gasteiger partial charge in [-0.25, -0.2) is 0 Å². The van der Waals surface area contributed by atoms with Crippen molar-refractivity contribution in [1.82, 2.24) is 10.1 Å². The fraction of sp³-hybridized carbons (Fsp3) is 0.727. The molecule has 1 saturated heterocycles. The van der Waals surface area contributed by atoms with E-state index in [4.69, 9.17) is 4.52 Å². The number of aryl methyl sites for hydroxylation is 2. The number of aromatic nitrogens is 1. The molecule has 3 heteroatoms. The molecule has 1 aliphatic rings. The van der Waals surface area contributed by atoms with Crippen LogP contribution in [0.25, 0.3) is 0 Å². The van der Waals surface area contributed by atoms with Crippen molar-refractivity contribution in [1.29, 1.82) is 0 Å². The van der Waals surface area contributed by atoms with Gasteiger partial charge in [-0.3, -0.25) is 4.90 Å². The van der Waals surface area contributed by atoms with Crippen LogP contribution in [0.15, 0.2) is 4.52 Å². The number of likely N-dealkylation sites (tertiary alicyclic amines) is 1. The molecule has 2 rings (SSSR count). The van der Waals surface area contributed by atoms with Gasteiger partial charge in [0.2, 0.25) is 0 Å². The predicted octanol–water partition coefficient (Wildman–Crippen LogP) is 2.28. The molecule has 0 radical (unpaired) electrons. The van der Waals surface area contributed by atoms with Crippen LogP contribution in [0.5, 0.6) is 0 Å². The van der Waals surface area contributed by atoms with Crippen LogP contribution in [0.1, 0.15) is 36.3 Å². The first-order valence-electron chi connectivity index (χ1n) is 5.41. The van der Waals surface area contributed by atoms with Gasteiger partial charge in [0.25, 0.3) is 0 Å². The zero-order chi connectivity index (χ0) is 9.97. The molecule has 0 N–H and O–H groups in total. The highest BCUT2D eigenvalue weighted by molar-refractivity contribution is 5.20. The van der Waals surface area contributed by atoms with Gasteiger partial charge in [0.15, 0.2) is 0 Å². The van der Waals surface area contributed by atoms with Crippen molar-refractivity contribution < 1.29 is 4.52 Å². The van der Waals surface area contributed by atoms with Crippen LogP contribution in [0, 0.1) is 13.8 Å². The lowest BCUT2D eigenvalue weighted by molar-refractivity contribution is 0.219. The second-order valence-corrected chi connectivity index (χ2v) is 4.14. The Morgan fingerprint density at radius 1 is 1.21 bits per heavy atom. The standard InChI is InChI=1S/C11H18N2O/c1-9-11(10(2)14-12-9)8-13-6-4-3-5-7-13/h3-8H2,1-2H3. The van der Waals surface area contributed by atoms with Gasteiger partial charge in [-0.1, -0.05) is 11.6 Å². The number of hydrogen-bond donors (Lipinski definition) is 0. The lowest BCUT2D eigenvalue weighted by Gasteiger charge is -2.26. The third kappa shape index (κ3) is 1.98. The SMILES string of the molecule is Cc1noc(C)c1CN1CCCCC1. The highest BCUT2D eigenvalue weighted by Crippen LogP contribution is 2.17. The topological polar surface area (TPSA) is 29.3 Å². The van der Waals surface area contributed by atoms with Crippen molar-refractivity contribution >= 4 is 0 Å². The van der Waals surface area contributed by atoms with E-state index in [2.05, 4.69) is 10.1 Å². The molecule has 2 heterocycles. The van der Waals surface area contributed by atoms with E-state index in [0.717, 1.165) is 18.0 Å². The molecule has 0 spiro atoms. The maximum atomic E-state index is 5.16. The molecule has 1 aromatic rings. The fourth-order valence-electron chi connectivity index (χ4n) is 2.07. The van der Waals surface area contributed by atoms with E-state index >= 15 is 0 Å². The van der Waals surface area contributed by atoms with Crippen LogP contribution in [0.3, 0.4) is 0 Å². The van der Waals surface area contributed by atoms with Gasteiger partial charge < -0.3 is 4.52 Å². The zero-order valence-electron chi connectivity index (χ0n) is 9.05. The Bertz CT molecular complexity index is 281. The molecule has 0 aliphatic carbocycles. The maximum absolute atomic E-state index is 5.16. The van der Waals surface area contributed by atoms with Crippen molar-refractivity contribution in [3.05, 3.63) is 17.0 Å². The van der Waals surface area contributed by atoms with Crippen molar-refractivity contribution in [2.75, 3.05) is 13.1 Å². The third-order valence-corrected chi connectivity index (χ3v) is 3.01. The largest absolute Gasteiger partial charge is 0.361 e. The molecular weight excluding hydrogens is 176 g/mol. The molecular formula is C11H18N2O. The summed E-state index contributed by atoms with van der Waals surface area (Å²) in [6, 6.07) is 0. The summed E-state index contributed by atoms with van der Waals surface area (Å²) in [5, 5.41) is 3.98. The van der Waals surface area contributed by atoms with Crippen LogP contribution < -0.4 is 0 Å². The normalized spacial score (nSPS) is 18.7. The first-order valence-corrected chi connectivity index (χ1v) is 5.41. The number of piperidine rings is 1. The summed E-state index contributed by atoms with van der Waals surface area (Å²) < 4.78 is 5.16. The molecule has 0 aromatic carbocycles. The lowest BCUT2D eigenvalue weighted by Crippen LogP contribution is -2.29. The highest BCUT2D eigenvalue weighted by atomic mass is 16.5. The van der Waals surface area contributed by atoms with Gasteiger partial charge >= 0.3 is 0 Å².